The maximum absolute atomic E-state index is 5.40. The van der Waals surface area contributed by atoms with Crippen molar-refractivity contribution in [3.63, 3.8) is 0 Å². The highest BCUT2D eigenvalue weighted by Crippen LogP contribution is 2.20. The normalized spacial score (nSPS) is 19.2. The van der Waals surface area contributed by atoms with Crippen molar-refractivity contribution >= 4 is 12.2 Å². The van der Waals surface area contributed by atoms with Crippen molar-refractivity contribution in [2.24, 2.45) is 5.92 Å². The first-order chi connectivity index (χ1) is 8.84. The summed E-state index contributed by atoms with van der Waals surface area (Å²) in [4.78, 5) is 4.12. The van der Waals surface area contributed by atoms with Crippen molar-refractivity contribution < 1.29 is 4.74 Å². The summed E-state index contributed by atoms with van der Waals surface area (Å²) in [5.74, 6) is 1.37. The molecule has 1 unspecified atom stereocenters. The van der Waals surface area contributed by atoms with Crippen LogP contribution in [0, 0.1) is 10.7 Å². The summed E-state index contributed by atoms with van der Waals surface area (Å²) < 4.78 is 8.09. The Morgan fingerprint density at radius 3 is 3.22 bits per heavy atom. The molecule has 0 amide bonds. The molecule has 0 aliphatic carbocycles. The van der Waals surface area contributed by atoms with Gasteiger partial charge in [0.1, 0.15) is 0 Å². The lowest BCUT2D eigenvalue weighted by Crippen LogP contribution is -2.12. The summed E-state index contributed by atoms with van der Waals surface area (Å²) in [6, 6.07) is 3.88. The van der Waals surface area contributed by atoms with Gasteiger partial charge in [0.15, 0.2) is 10.6 Å². The largest absolute Gasteiger partial charge is 0.381 e. The van der Waals surface area contributed by atoms with Crippen LogP contribution in [0.2, 0.25) is 0 Å². The van der Waals surface area contributed by atoms with E-state index in [9.17, 15) is 0 Å². The van der Waals surface area contributed by atoms with Gasteiger partial charge < -0.3 is 4.74 Å². The molecular formula is C12H14N4OS. The van der Waals surface area contributed by atoms with E-state index in [1.54, 1.807) is 12.4 Å². The Bertz CT molecular complexity index is 571. The molecule has 1 aliphatic rings. The third-order valence-corrected chi connectivity index (χ3v) is 3.45. The minimum absolute atomic E-state index is 0.518. The number of nitrogens with zero attached hydrogens (tertiary/aromatic N) is 3. The minimum Gasteiger partial charge on any atom is -0.381 e. The fourth-order valence-corrected chi connectivity index (χ4v) is 2.39. The molecule has 18 heavy (non-hydrogen) atoms. The van der Waals surface area contributed by atoms with Gasteiger partial charge in [-0.05, 0) is 30.8 Å². The van der Waals surface area contributed by atoms with Crippen LogP contribution in [0.3, 0.4) is 0 Å². The van der Waals surface area contributed by atoms with Crippen LogP contribution < -0.4 is 0 Å². The first-order valence-corrected chi connectivity index (χ1v) is 6.39. The second-order valence-corrected chi connectivity index (χ2v) is 4.82. The number of rotatable bonds is 3. The molecular weight excluding hydrogens is 248 g/mol. The van der Waals surface area contributed by atoms with Gasteiger partial charge in [-0.15, -0.1) is 0 Å². The Hall–Kier alpha value is -1.53. The van der Waals surface area contributed by atoms with E-state index in [1.165, 1.54) is 0 Å². The van der Waals surface area contributed by atoms with Crippen molar-refractivity contribution in [2.45, 2.75) is 13.0 Å². The highest BCUT2D eigenvalue weighted by atomic mass is 32.1. The Morgan fingerprint density at radius 1 is 1.56 bits per heavy atom. The lowest BCUT2D eigenvalue weighted by atomic mass is 10.1. The molecule has 94 valence electrons. The zero-order chi connectivity index (χ0) is 12.4. The first kappa shape index (κ1) is 11.6. The van der Waals surface area contributed by atoms with E-state index in [-0.39, 0.29) is 0 Å². The SMILES string of the molecule is S=c1[nH]nc(-c2cccnc2)n1CC1CCOC1. The molecule has 2 aromatic rings. The van der Waals surface area contributed by atoms with E-state index in [0.29, 0.717) is 10.7 Å². The van der Waals surface area contributed by atoms with Crippen molar-refractivity contribution in [3.05, 3.63) is 29.3 Å². The van der Waals surface area contributed by atoms with Crippen molar-refractivity contribution in [2.75, 3.05) is 13.2 Å². The van der Waals surface area contributed by atoms with Gasteiger partial charge in [0, 0.05) is 37.0 Å². The van der Waals surface area contributed by atoms with E-state index >= 15 is 0 Å². The number of pyridine rings is 1. The van der Waals surface area contributed by atoms with E-state index in [4.69, 9.17) is 17.0 Å². The van der Waals surface area contributed by atoms with Crippen LogP contribution in [0.5, 0.6) is 0 Å². The third kappa shape index (κ3) is 2.21. The molecule has 0 spiro atoms. The second kappa shape index (κ2) is 4.99. The fraction of sp³-hybridized carbons (Fsp3) is 0.417. The monoisotopic (exact) mass is 262 g/mol. The summed E-state index contributed by atoms with van der Waals surface area (Å²) in [7, 11) is 0. The Kier molecular flexibility index (Phi) is 3.21. The molecule has 3 heterocycles. The summed E-state index contributed by atoms with van der Waals surface area (Å²) in [5.41, 5.74) is 0.976. The molecule has 1 fully saturated rings. The standard InChI is InChI=1S/C12H14N4OS/c18-12-15-14-11(10-2-1-4-13-6-10)16(12)7-9-3-5-17-8-9/h1-2,4,6,9H,3,5,7-8H2,(H,15,18). The second-order valence-electron chi connectivity index (χ2n) is 4.43. The number of hydrogen-bond donors (Lipinski definition) is 1. The number of nitrogens with one attached hydrogen (secondary N) is 1. The quantitative estimate of drug-likeness (QED) is 0.860. The van der Waals surface area contributed by atoms with Gasteiger partial charge in [0.05, 0.1) is 6.61 Å². The van der Waals surface area contributed by atoms with E-state index in [0.717, 1.165) is 37.6 Å². The molecule has 0 bridgehead atoms. The molecule has 1 N–H and O–H groups in total. The average molecular weight is 262 g/mol. The molecule has 0 aromatic carbocycles. The van der Waals surface area contributed by atoms with Crippen molar-refractivity contribution in [1.82, 2.24) is 19.7 Å². The predicted octanol–water partition coefficient (Wildman–Crippen LogP) is 2.04. The predicted molar refractivity (Wildman–Crippen MR) is 69.6 cm³/mol. The van der Waals surface area contributed by atoms with Crippen LogP contribution >= 0.6 is 12.2 Å². The van der Waals surface area contributed by atoms with Gasteiger partial charge in [-0.25, -0.2) is 0 Å². The first-order valence-electron chi connectivity index (χ1n) is 5.98. The summed E-state index contributed by atoms with van der Waals surface area (Å²) >= 11 is 5.29. The fourth-order valence-electron chi connectivity index (χ4n) is 2.19. The van der Waals surface area contributed by atoms with Gasteiger partial charge in [0.2, 0.25) is 0 Å². The van der Waals surface area contributed by atoms with Crippen LogP contribution in [0.4, 0.5) is 0 Å². The van der Waals surface area contributed by atoms with Crippen LogP contribution in [0.25, 0.3) is 11.4 Å². The number of aromatic amines is 1. The zero-order valence-corrected chi connectivity index (χ0v) is 10.7. The van der Waals surface area contributed by atoms with Gasteiger partial charge >= 0.3 is 0 Å². The smallest absolute Gasteiger partial charge is 0.195 e. The average Bonchev–Trinajstić information content (AvgIpc) is 3.03. The molecule has 1 aliphatic heterocycles. The maximum Gasteiger partial charge on any atom is 0.195 e. The van der Waals surface area contributed by atoms with Gasteiger partial charge in [-0.1, -0.05) is 0 Å². The van der Waals surface area contributed by atoms with Gasteiger partial charge in [-0.3, -0.25) is 14.6 Å². The third-order valence-electron chi connectivity index (χ3n) is 3.14. The summed E-state index contributed by atoms with van der Waals surface area (Å²) in [6.45, 7) is 2.50. The maximum atomic E-state index is 5.40. The van der Waals surface area contributed by atoms with E-state index in [1.807, 2.05) is 16.7 Å². The van der Waals surface area contributed by atoms with Crippen LogP contribution in [-0.2, 0) is 11.3 Å². The molecule has 0 radical (unpaired) electrons. The van der Waals surface area contributed by atoms with E-state index < -0.39 is 0 Å². The number of hydrogen-bond acceptors (Lipinski definition) is 4. The zero-order valence-electron chi connectivity index (χ0n) is 9.87. The highest BCUT2D eigenvalue weighted by molar-refractivity contribution is 7.71. The number of H-pyrrole nitrogens is 1. The van der Waals surface area contributed by atoms with Crippen LogP contribution in [0.15, 0.2) is 24.5 Å². The molecule has 5 nitrogen and oxygen atoms in total. The topological polar surface area (TPSA) is 55.7 Å². The Morgan fingerprint density at radius 2 is 2.50 bits per heavy atom. The van der Waals surface area contributed by atoms with Gasteiger partial charge in [-0.2, -0.15) is 5.10 Å². The molecule has 2 aromatic heterocycles. The molecule has 1 saturated heterocycles. The summed E-state index contributed by atoms with van der Waals surface area (Å²) in [6.07, 6.45) is 4.63. The molecule has 6 heteroatoms. The van der Waals surface area contributed by atoms with Crippen molar-refractivity contribution in [3.8, 4) is 11.4 Å². The Labute approximate surface area is 110 Å². The number of ether oxygens (including phenoxy) is 1. The molecule has 0 saturated carbocycles. The Balaban J connectivity index is 1.93. The minimum atomic E-state index is 0.518. The van der Waals surface area contributed by atoms with Gasteiger partial charge in [0.25, 0.3) is 0 Å². The van der Waals surface area contributed by atoms with Crippen molar-refractivity contribution in [1.29, 1.82) is 0 Å². The lowest BCUT2D eigenvalue weighted by Gasteiger charge is -2.10. The summed E-state index contributed by atoms with van der Waals surface area (Å²) in [5, 5.41) is 7.15. The lowest BCUT2D eigenvalue weighted by molar-refractivity contribution is 0.182. The van der Waals surface area contributed by atoms with Crippen LogP contribution in [-0.4, -0.2) is 33.0 Å². The number of aromatic nitrogens is 4. The highest BCUT2D eigenvalue weighted by Gasteiger charge is 2.19. The van der Waals surface area contributed by atoms with Crippen LogP contribution in [0.1, 0.15) is 6.42 Å². The molecule has 1 atom stereocenters. The van der Waals surface area contributed by atoms with E-state index in [2.05, 4.69) is 15.2 Å². The molecule has 3 rings (SSSR count).